The van der Waals surface area contributed by atoms with Crippen molar-refractivity contribution in [1.82, 2.24) is 10.3 Å². The molecule has 2 aromatic carbocycles. The van der Waals surface area contributed by atoms with Crippen LogP contribution in [0.2, 0.25) is 0 Å². The van der Waals surface area contributed by atoms with Crippen LogP contribution in [0, 0.1) is 0 Å². The van der Waals surface area contributed by atoms with Gasteiger partial charge in [0.15, 0.2) is 0 Å². The summed E-state index contributed by atoms with van der Waals surface area (Å²) in [5, 5.41) is 2.74. The van der Waals surface area contributed by atoms with Gasteiger partial charge in [0.05, 0.1) is 11.9 Å². The lowest BCUT2D eigenvalue weighted by atomic mass is 9.98. The lowest BCUT2D eigenvalue weighted by molar-refractivity contribution is 0.144. The number of pyridine rings is 1. The lowest BCUT2D eigenvalue weighted by Gasteiger charge is -2.14. The fraction of sp³-hybridized carbons (Fsp3) is 0.130. The maximum absolute atomic E-state index is 12.1. The number of anilines is 1. The molecular formula is C23H21N3O2. The summed E-state index contributed by atoms with van der Waals surface area (Å²) in [4.78, 5) is 16.0. The highest BCUT2D eigenvalue weighted by molar-refractivity contribution is 5.79. The topological polar surface area (TPSA) is 77.2 Å². The zero-order valence-electron chi connectivity index (χ0n) is 15.3. The maximum atomic E-state index is 12.1. The minimum atomic E-state index is -0.436. The van der Waals surface area contributed by atoms with E-state index in [4.69, 9.17) is 10.5 Å². The molecule has 1 aliphatic rings. The van der Waals surface area contributed by atoms with Crippen LogP contribution >= 0.6 is 0 Å². The molecular weight excluding hydrogens is 350 g/mol. The highest BCUT2D eigenvalue weighted by Crippen LogP contribution is 2.44. The number of hydrogen-bond acceptors (Lipinski definition) is 4. The average Bonchev–Trinajstić information content (AvgIpc) is 3.05. The van der Waals surface area contributed by atoms with Gasteiger partial charge in [0.2, 0.25) is 0 Å². The fourth-order valence-corrected chi connectivity index (χ4v) is 3.55. The number of nitrogen functional groups attached to an aromatic ring is 1. The van der Waals surface area contributed by atoms with Gasteiger partial charge in [0.1, 0.15) is 6.61 Å². The summed E-state index contributed by atoms with van der Waals surface area (Å²) in [7, 11) is 0. The highest BCUT2D eigenvalue weighted by Gasteiger charge is 2.28. The number of ether oxygens (including phenoxy) is 1. The SMILES string of the molecule is Nc1cnccc1C=CCNC(=O)OCC1c2ccccc2-c2ccccc21. The van der Waals surface area contributed by atoms with Gasteiger partial charge in [-0.05, 0) is 28.3 Å². The van der Waals surface area contributed by atoms with Crippen LogP contribution < -0.4 is 11.1 Å². The number of nitrogens with one attached hydrogen (secondary N) is 1. The minimum absolute atomic E-state index is 0.0605. The van der Waals surface area contributed by atoms with Crippen LogP contribution in [0.15, 0.2) is 73.1 Å². The van der Waals surface area contributed by atoms with Crippen molar-refractivity contribution >= 4 is 17.9 Å². The van der Waals surface area contributed by atoms with E-state index in [-0.39, 0.29) is 5.92 Å². The largest absolute Gasteiger partial charge is 0.449 e. The van der Waals surface area contributed by atoms with Crippen molar-refractivity contribution in [3.8, 4) is 11.1 Å². The third-order valence-corrected chi connectivity index (χ3v) is 4.89. The Morgan fingerprint density at radius 2 is 1.75 bits per heavy atom. The number of carbonyl (C=O) groups excluding carboxylic acids is 1. The highest BCUT2D eigenvalue weighted by atomic mass is 16.5. The molecule has 0 unspecified atom stereocenters. The van der Waals surface area contributed by atoms with Crippen molar-refractivity contribution in [2.75, 3.05) is 18.9 Å². The normalized spacial score (nSPS) is 12.6. The smallest absolute Gasteiger partial charge is 0.407 e. The Bertz CT molecular complexity index is 984. The van der Waals surface area contributed by atoms with E-state index in [1.807, 2.05) is 42.5 Å². The molecule has 0 atom stereocenters. The first-order chi connectivity index (χ1) is 13.7. The predicted molar refractivity (Wildman–Crippen MR) is 111 cm³/mol. The molecule has 1 amide bonds. The van der Waals surface area contributed by atoms with Gasteiger partial charge in [-0.2, -0.15) is 0 Å². The van der Waals surface area contributed by atoms with Crippen LogP contribution in [0.1, 0.15) is 22.6 Å². The molecule has 0 fully saturated rings. The van der Waals surface area contributed by atoms with E-state index < -0.39 is 6.09 Å². The molecule has 0 aliphatic heterocycles. The molecule has 1 aromatic heterocycles. The van der Waals surface area contributed by atoms with E-state index in [0.29, 0.717) is 18.8 Å². The summed E-state index contributed by atoms with van der Waals surface area (Å²) >= 11 is 0. The molecule has 28 heavy (non-hydrogen) atoms. The van der Waals surface area contributed by atoms with Crippen molar-refractivity contribution in [1.29, 1.82) is 0 Å². The molecule has 0 saturated heterocycles. The first-order valence-corrected chi connectivity index (χ1v) is 9.19. The van der Waals surface area contributed by atoms with Crippen LogP contribution in [-0.2, 0) is 4.74 Å². The average molecular weight is 371 g/mol. The van der Waals surface area contributed by atoms with E-state index in [1.54, 1.807) is 12.4 Å². The van der Waals surface area contributed by atoms with Gasteiger partial charge in [-0.15, -0.1) is 0 Å². The van der Waals surface area contributed by atoms with Gasteiger partial charge < -0.3 is 15.8 Å². The summed E-state index contributed by atoms with van der Waals surface area (Å²) in [6.45, 7) is 0.666. The summed E-state index contributed by atoms with van der Waals surface area (Å²) in [5.41, 5.74) is 12.1. The first-order valence-electron chi connectivity index (χ1n) is 9.19. The van der Waals surface area contributed by atoms with Gasteiger partial charge in [-0.25, -0.2) is 4.79 Å². The van der Waals surface area contributed by atoms with Gasteiger partial charge in [-0.3, -0.25) is 4.98 Å². The second-order valence-corrected chi connectivity index (χ2v) is 6.61. The Morgan fingerprint density at radius 1 is 1.07 bits per heavy atom. The second-order valence-electron chi connectivity index (χ2n) is 6.61. The number of fused-ring (bicyclic) bond motifs is 3. The Morgan fingerprint density at radius 3 is 2.43 bits per heavy atom. The van der Waals surface area contributed by atoms with E-state index in [0.717, 1.165) is 5.56 Å². The number of benzene rings is 2. The van der Waals surface area contributed by atoms with Crippen LogP contribution in [-0.4, -0.2) is 24.2 Å². The fourth-order valence-electron chi connectivity index (χ4n) is 3.55. The summed E-state index contributed by atoms with van der Waals surface area (Å²) in [6, 6.07) is 18.4. The standard InChI is InChI=1S/C23H21N3O2/c24-22-14-25-13-11-16(22)6-5-12-26-23(27)28-15-21-19-9-3-1-7-17(19)18-8-2-4-10-20(18)21/h1-11,13-14,21H,12,15,24H2,(H,26,27). The van der Waals surface area contributed by atoms with Gasteiger partial charge in [-0.1, -0.05) is 60.7 Å². The molecule has 1 heterocycles. The number of hydrogen-bond donors (Lipinski definition) is 2. The molecule has 5 nitrogen and oxygen atoms in total. The summed E-state index contributed by atoms with van der Waals surface area (Å²) in [5.74, 6) is 0.0605. The van der Waals surface area contributed by atoms with Gasteiger partial charge in [0.25, 0.3) is 0 Å². The summed E-state index contributed by atoms with van der Waals surface area (Å²) < 4.78 is 5.50. The Balaban J connectivity index is 1.35. The van der Waals surface area contributed by atoms with E-state index in [1.165, 1.54) is 22.3 Å². The van der Waals surface area contributed by atoms with Crippen LogP contribution in [0.3, 0.4) is 0 Å². The lowest BCUT2D eigenvalue weighted by Crippen LogP contribution is -2.26. The van der Waals surface area contributed by atoms with Gasteiger partial charge in [0, 0.05) is 24.2 Å². The van der Waals surface area contributed by atoms with Crippen molar-refractivity contribution in [2.24, 2.45) is 0 Å². The number of nitrogens with two attached hydrogens (primary N) is 1. The summed E-state index contributed by atoms with van der Waals surface area (Å²) in [6.07, 6.45) is 6.51. The third-order valence-electron chi connectivity index (χ3n) is 4.89. The van der Waals surface area contributed by atoms with Crippen LogP contribution in [0.25, 0.3) is 17.2 Å². The van der Waals surface area contributed by atoms with E-state index in [2.05, 4.69) is 34.6 Å². The Kier molecular flexibility index (Phi) is 5.06. The Labute approximate surface area is 163 Å². The Hall–Kier alpha value is -3.60. The molecule has 0 bridgehead atoms. The second kappa shape index (κ2) is 7.96. The van der Waals surface area contributed by atoms with Crippen molar-refractivity contribution in [2.45, 2.75) is 5.92 Å². The number of nitrogens with zero attached hydrogens (tertiary/aromatic N) is 1. The number of amides is 1. The molecule has 0 radical (unpaired) electrons. The monoisotopic (exact) mass is 371 g/mol. The first kappa shape index (κ1) is 17.8. The zero-order chi connectivity index (χ0) is 19.3. The molecule has 1 aliphatic carbocycles. The minimum Gasteiger partial charge on any atom is -0.449 e. The predicted octanol–water partition coefficient (Wildman–Crippen LogP) is 4.22. The number of alkyl carbamates (subject to hydrolysis) is 1. The molecule has 5 heteroatoms. The van der Waals surface area contributed by atoms with Gasteiger partial charge >= 0.3 is 6.09 Å². The maximum Gasteiger partial charge on any atom is 0.407 e. The van der Waals surface area contributed by atoms with Crippen LogP contribution in [0.5, 0.6) is 0 Å². The molecule has 0 spiro atoms. The number of aromatic nitrogens is 1. The van der Waals surface area contributed by atoms with E-state index >= 15 is 0 Å². The molecule has 3 aromatic rings. The van der Waals surface area contributed by atoms with Crippen molar-refractivity contribution < 1.29 is 9.53 Å². The zero-order valence-corrected chi connectivity index (χ0v) is 15.3. The van der Waals surface area contributed by atoms with Crippen LogP contribution in [0.4, 0.5) is 10.5 Å². The molecule has 140 valence electrons. The molecule has 3 N–H and O–H groups in total. The molecule has 0 saturated carbocycles. The third kappa shape index (κ3) is 3.60. The van der Waals surface area contributed by atoms with E-state index in [9.17, 15) is 4.79 Å². The quantitative estimate of drug-likeness (QED) is 0.704. The van der Waals surface area contributed by atoms with Crippen molar-refractivity contribution in [3.05, 3.63) is 89.8 Å². The number of rotatable bonds is 5. The molecule has 4 rings (SSSR count). The number of carbonyl (C=O) groups is 1. The van der Waals surface area contributed by atoms with Crippen molar-refractivity contribution in [3.63, 3.8) is 0 Å².